The highest BCUT2D eigenvalue weighted by molar-refractivity contribution is 7.17. The third-order valence-electron chi connectivity index (χ3n) is 5.67. The Morgan fingerprint density at radius 2 is 2.00 bits per heavy atom. The van der Waals surface area contributed by atoms with Gasteiger partial charge in [-0.25, -0.2) is 0 Å². The van der Waals surface area contributed by atoms with Gasteiger partial charge in [-0.1, -0.05) is 0 Å². The van der Waals surface area contributed by atoms with Crippen LogP contribution in [0.5, 0.6) is 5.75 Å². The first-order valence-electron chi connectivity index (χ1n) is 10.6. The van der Waals surface area contributed by atoms with Crippen LogP contribution in [0.3, 0.4) is 0 Å². The number of hydrogen-bond donors (Lipinski definition) is 3. The maximum Gasteiger partial charge on any atom is 0.169 e. The average Bonchev–Trinajstić information content (AvgIpc) is 3.51. The monoisotopic (exact) mass is 466 g/mol. The number of rotatable bonds is 4. The second kappa shape index (κ2) is 7.89. The van der Waals surface area contributed by atoms with Gasteiger partial charge in [0.05, 0.1) is 50.6 Å². The third kappa shape index (κ3) is 3.43. The van der Waals surface area contributed by atoms with Gasteiger partial charge in [0.2, 0.25) is 0 Å². The van der Waals surface area contributed by atoms with Crippen LogP contribution in [-0.4, -0.2) is 43.2 Å². The van der Waals surface area contributed by atoms with E-state index in [2.05, 4.69) is 31.3 Å². The second-order valence-electron chi connectivity index (χ2n) is 7.91. The van der Waals surface area contributed by atoms with Gasteiger partial charge in [0, 0.05) is 34.4 Å². The Kier molecular flexibility index (Phi) is 4.70. The summed E-state index contributed by atoms with van der Waals surface area (Å²) in [5, 5.41) is 14.0. The number of H-pyrrole nitrogens is 1. The van der Waals surface area contributed by atoms with Crippen molar-refractivity contribution in [1.29, 1.82) is 0 Å². The van der Waals surface area contributed by atoms with Gasteiger partial charge in [-0.2, -0.15) is 0 Å². The Balaban J connectivity index is 1.45. The molecule has 3 N–H and O–H groups in total. The molecule has 0 fully saturated rings. The minimum atomic E-state index is 0.0465. The van der Waals surface area contributed by atoms with Gasteiger partial charge in [-0.3, -0.25) is 24.7 Å². The van der Waals surface area contributed by atoms with Crippen LogP contribution in [0.2, 0.25) is 0 Å². The van der Waals surface area contributed by atoms with E-state index in [1.54, 1.807) is 31.6 Å². The number of nitrogens with zero attached hydrogens (tertiary/aromatic N) is 4. The van der Waals surface area contributed by atoms with Crippen LogP contribution in [-0.2, 0) is 0 Å². The van der Waals surface area contributed by atoms with E-state index in [9.17, 15) is 9.90 Å². The molecule has 0 saturated heterocycles. The topological polar surface area (TPSA) is 116 Å². The van der Waals surface area contributed by atoms with Crippen LogP contribution in [0, 0.1) is 0 Å². The van der Waals surface area contributed by atoms with Crippen LogP contribution >= 0.6 is 11.3 Å². The molecule has 0 spiro atoms. The summed E-state index contributed by atoms with van der Waals surface area (Å²) in [5.74, 6) is 0.131. The minimum absolute atomic E-state index is 0.0465. The van der Waals surface area contributed by atoms with E-state index < -0.39 is 0 Å². The number of anilines is 1. The van der Waals surface area contributed by atoms with E-state index in [1.165, 1.54) is 17.5 Å². The fourth-order valence-corrected chi connectivity index (χ4v) is 4.98. The first-order valence-corrected chi connectivity index (χ1v) is 11.4. The molecule has 34 heavy (non-hydrogen) atoms. The molecule has 1 aliphatic heterocycles. The molecule has 0 bridgehead atoms. The molecule has 6 heterocycles. The van der Waals surface area contributed by atoms with Crippen molar-refractivity contribution in [3.05, 3.63) is 77.3 Å². The molecule has 8 nitrogen and oxygen atoms in total. The minimum Gasteiger partial charge on any atom is -0.506 e. The Hall–Kier alpha value is -4.37. The summed E-state index contributed by atoms with van der Waals surface area (Å²) in [6.45, 7) is 2.01. The second-order valence-corrected chi connectivity index (χ2v) is 9.00. The van der Waals surface area contributed by atoms with E-state index >= 15 is 0 Å². The molecule has 9 heteroatoms. The molecule has 0 amide bonds. The van der Waals surface area contributed by atoms with Gasteiger partial charge < -0.3 is 15.4 Å². The van der Waals surface area contributed by atoms with Crippen molar-refractivity contribution in [2.24, 2.45) is 4.99 Å². The van der Waals surface area contributed by atoms with E-state index in [-0.39, 0.29) is 11.5 Å². The van der Waals surface area contributed by atoms with Gasteiger partial charge >= 0.3 is 0 Å². The van der Waals surface area contributed by atoms with Crippen molar-refractivity contribution >= 4 is 39.4 Å². The van der Waals surface area contributed by atoms with Crippen LogP contribution < -0.4 is 5.32 Å². The number of hydrogen-bond acceptors (Lipinski definition) is 8. The lowest BCUT2D eigenvalue weighted by Gasteiger charge is -2.18. The zero-order chi connectivity index (χ0) is 23.2. The molecule has 0 saturated carbocycles. The zero-order valence-electron chi connectivity index (χ0n) is 18.0. The number of pyridine rings is 3. The van der Waals surface area contributed by atoms with Crippen molar-refractivity contribution < 1.29 is 9.90 Å². The number of Topliss-reactive ketones (excluding diaryl/α,β-unsaturated/α-hetero) is 1. The smallest absolute Gasteiger partial charge is 0.169 e. The first-order chi connectivity index (χ1) is 16.6. The molecule has 166 valence electrons. The van der Waals surface area contributed by atoms with Crippen molar-refractivity contribution in [3.63, 3.8) is 0 Å². The molecule has 0 unspecified atom stereocenters. The zero-order valence-corrected chi connectivity index (χ0v) is 18.8. The summed E-state index contributed by atoms with van der Waals surface area (Å²) < 4.78 is 0. The number of fused-ring (bicyclic) bond motifs is 2. The molecular weight excluding hydrogens is 448 g/mol. The molecule has 0 aromatic carbocycles. The van der Waals surface area contributed by atoms with Gasteiger partial charge in [0.15, 0.2) is 5.78 Å². The molecule has 0 atom stereocenters. The SMILES string of the molecule is CC(=O)c1ccc(-c2nccc3[nH]c(C4=NCNc5cnc(-c6cncc(O)c6)cc54)cc23)s1. The summed E-state index contributed by atoms with van der Waals surface area (Å²) >= 11 is 1.44. The maximum atomic E-state index is 11.8. The maximum absolute atomic E-state index is 11.8. The van der Waals surface area contributed by atoms with E-state index in [0.29, 0.717) is 17.2 Å². The number of aromatic nitrogens is 4. The lowest BCUT2D eigenvalue weighted by molar-refractivity contribution is 0.102. The van der Waals surface area contributed by atoms with E-state index in [1.807, 2.05) is 24.3 Å². The average molecular weight is 467 g/mol. The van der Waals surface area contributed by atoms with Crippen LogP contribution in [0.25, 0.3) is 32.7 Å². The summed E-state index contributed by atoms with van der Waals surface area (Å²) in [6, 6.07) is 11.3. The van der Waals surface area contributed by atoms with Gasteiger partial charge in [-0.05, 0) is 43.3 Å². The van der Waals surface area contributed by atoms with E-state index in [0.717, 1.165) is 49.7 Å². The molecule has 0 aliphatic carbocycles. The van der Waals surface area contributed by atoms with E-state index in [4.69, 9.17) is 4.99 Å². The van der Waals surface area contributed by atoms with Crippen LogP contribution in [0.1, 0.15) is 27.9 Å². The largest absolute Gasteiger partial charge is 0.506 e. The van der Waals surface area contributed by atoms with Crippen molar-refractivity contribution in [2.45, 2.75) is 6.92 Å². The van der Waals surface area contributed by atoms with Crippen LogP contribution in [0.4, 0.5) is 5.69 Å². The number of nitrogens with one attached hydrogen (secondary N) is 2. The highest BCUT2D eigenvalue weighted by atomic mass is 32.1. The van der Waals surface area contributed by atoms with Crippen molar-refractivity contribution in [3.8, 4) is 27.6 Å². The predicted octanol–water partition coefficient (Wildman–Crippen LogP) is 4.88. The fraction of sp³-hybridized carbons (Fsp3) is 0.0800. The van der Waals surface area contributed by atoms with Crippen molar-refractivity contribution in [1.82, 2.24) is 19.9 Å². The Morgan fingerprint density at radius 3 is 2.82 bits per heavy atom. The molecule has 0 radical (unpaired) electrons. The molecule has 5 aromatic heterocycles. The number of carbonyl (C=O) groups excluding carboxylic acids is 1. The molecule has 6 rings (SSSR count). The number of aromatic amines is 1. The van der Waals surface area contributed by atoms with Crippen LogP contribution in [0.15, 0.2) is 66.2 Å². The summed E-state index contributed by atoms with van der Waals surface area (Å²) in [5.41, 5.74) is 6.62. The Bertz CT molecular complexity index is 1620. The predicted molar refractivity (Wildman–Crippen MR) is 133 cm³/mol. The highest BCUT2D eigenvalue weighted by Gasteiger charge is 2.21. The lowest BCUT2D eigenvalue weighted by Crippen LogP contribution is -2.17. The molecule has 1 aliphatic rings. The first kappa shape index (κ1) is 20.3. The fourth-order valence-electron chi connectivity index (χ4n) is 4.07. The van der Waals surface area contributed by atoms with Crippen molar-refractivity contribution in [2.75, 3.05) is 12.0 Å². The van der Waals surface area contributed by atoms with Gasteiger partial charge in [-0.15, -0.1) is 11.3 Å². The number of ketones is 1. The number of thiophene rings is 1. The highest BCUT2D eigenvalue weighted by Crippen LogP contribution is 2.34. The quantitative estimate of drug-likeness (QED) is 0.325. The number of carbonyl (C=O) groups is 1. The summed E-state index contributed by atoms with van der Waals surface area (Å²) in [4.78, 5) is 34.8. The lowest BCUT2D eigenvalue weighted by atomic mass is 10.0. The number of aromatic hydroxyl groups is 1. The standard InChI is InChI=1S/C25H18N6O2S/c1-13(32)22-2-3-23(34-22)25-16-8-20(31-18(16)4-5-27-25)24-17-7-19(14-6-15(33)10-26-9-14)28-11-21(17)29-12-30-24/h2-11,29,31,33H,12H2,1H3. The molecular formula is C25H18N6O2S. The molecule has 5 aromatic rings. The third-order valence-corrected chi connectivity index (χ3v) is 6.87. The summed E-state index contributed by atoms with van der Waals surface area (Å²) in [7, 11) is 0. The Labute approximate surface area is 198 Å². The summed E-state index contributed by atoms with van der Waals surface area (Å²) in [6.07, 6.45) is 6.59. The number of aliphatic imine (C=N–C) groups is 1. The normalized spacial score (nSPS) is 12.8. The van der Waals surface area contributed by atoms with Gasteiger partial charge in [0.1, 0.15) is 12.4 Å². The van der Waals surface area contributed by atoms with Gasteiger partial charge in [0.25, 0.3) is 0 Å². The Morgan fingerprint density at radius 1 is 1.09 bits per heavy atom.